The van der Waals surface area contributed by atoms with E-state index in [9.17, 15) is 9.50 Å². The lowest BCUT2D eigenvalue weighted by molar-refractivity contribution is 0.178. The molecular formula is C16H16ClFO. The number of hydrogen-bond donors (Lipinski definition) is 1. The van der Waals surface area contributed by atoms with Gasteiger partial charge in [0.1, 0.15) is 5.82 Å². The van der Waals surface area contributed by atoms with Crippen molar-refractivity contribution in [2.24, 2.45) is 0 Å². The molecule has 0 heterocycles. The fourth-order valence-corrected chi connectivity index (χ4v) is 2.44. The maximum absolute atomic E-state index is 13.3. The first kappa shape index (κ1) is 14.0. The Balaban J connectivity index is 2.25. The summed E-state index contributed by atoms with van der Waals surface area (Å²) >= 11 is 5.90. The molecule has 2 aromatic carbocycles. The van der Waals surface area contributed by atoms with Gasteiger partial charge in [-0.05, 0) is 31.0 Å². The van der Waals surface area contributed by atoms with Crippen molar-refractivity contribution in [1.29, 1.82) is 0 Å². The third-order valence-corrected chi connectivity index (χ3v) is 3.50. The number of aryl methyl sites for hydroxylation is 2. The van der Waals surface area contributed by atoms with Crippen molar-refractivity contribution in [3.05, 3.63) is 69.5 Å². The average Bonchev–Trinajstić information content (AvgIpc) is 2.33. The van der Waals surface area contributed by atoms with E-state index in [0.29, 0.717) is 12.0 Å². The monoisotopic (exact) mass is 278 g/mol. The van der Waals surface area contributed by atoms with Gasteiger partial charge in [0.15, 0.2) is 0 Å². The minimum atomic E-state index is -0.683. The summed E-state index contributed by atoms with van der Waals surface area (Å²) in [6, 6.07) is 10.6. The van der Waals surface area contributed by atoms with Gasteiger partial charge in [-0.25, -0.2) is 4.39 Å². The predicted molar refractivity (Wildman–Crippen MR) is 76.0 cm³/mol. The summed E-state index contributed by atoms with van der Waals surface area (Å²) in [4.78, 5) is 0. The van der Waals surface area contributed by atoms with Crippen molar-refractivity contribution < 1.29 is 9.50 Å². The van der Waals surface area contributed by atoms with E-state index in [4.69, 9.17) is 11.6 Å². The Morgan fingerprint density at radius 2 is 1.79 bits per heavy atom. The summed E-state index contributed by atoms with van der Waals surface area (Å²) in [6.45, 7) is 3.97. The van der Waals surface area contributed by atoms with Crippen LogP contribution in [0.5, 0.6) is 0 Å². The molecule has 0 saturated carbocycles. The van der Waals surface area contributed by atoms with Crippen molar-refractivity contribution in [2.45, 2.75) is 26.4 Å². The van der Waals surface area contributed by atoms with Crippen LogP contribution < -0.4 is 0 Å². The maximum Gasteiger partial charge on any atom is 0.142 e. The first-order valence-corrected chi connectivity index (χ1v) is 6.54. The van der Waals surface area contributed by atoms with E-state index in [1.54, 1.807) is 12.1 Å². The molecule has 0 radical (unpaired) electrons. The second-order valence-electron chi connectivity index (χ2n) is 4.85. The SMILES string of the molecule is Cc1cc(C)cc(C(O)Cc2cccc(F)c2Cl)c1. The molecule has 2 aromatic rings. The molecule has 1 nitrogen and oxygen atoms in total. The number of rotatable bonds is 3. The normalized spacial score (nSPS) is 12.5. The predicted octanol–water partition coefficient (Wildman–Crippen LogP) is 4.37. The maximum atomic E-state index is 13.3. The largest absolute Gasteiger partial charge is 0.388 e. The van der Waals surface area contributed by atoms with Crippen LogP contribution >= 0.6 is 11.6 Å². The van der Waals surface area contributed by atoms with Gasteiger partial charge in [-0.3, -0.25) is 0 Å². The van der Waals surface area contributed by atoms with Crippen molar-refractivity contribution in [2.75, 3.05) is 0 Å². The van der Waals surface area contributed by atoms with Crippen LogP contribution in [0.2, 0.25) is 5.02 Å². The molecule has 0 aliphatic carbocycles. The Labute approximate surface area is 117 Å². The van der Waals surface area contributed by atoms with E-state index in [1.165, 1.54) is 6.07 Å². The van der Waals surface area contributed by atoms with E-state index < -0.39 is 11.9 Å². The molecule has 3 heteroatoms. The second-order valence-corrected chi connectivity index (χ2v) is 5.23. The van der Waals surface area contributed by atoms with Crippen molar-refractivity contribution in [1.82, 2.24) is 0 Å². The average molecular weight is 279 g/mol. The van der Waals surface area contributed by atoms with Crippen molar-refractivity contribution in [3.63, 3.8) is 0 Å². The van der Waals surface area contributed by atoms with Gasteiger partial charge in [0, 0.05) is 6.42 Å². The Bertz CT molecular complexity index is 575. The van der Waals surface area contributed by atoms with E-state index in [0.717, 1.165) is 16.7 Å². The van der Waals surface area contributed by atoms with Crippen LogP contribution in [-0.4, -0.2) is 5.11 Å². The summed E-state index contributed by atoms with van der Waals surface area (Å²) in [6.07, 6.45) is -0.377. The fourth-order valence-electron chi connectivity index (χ4n) is 2.23. The van der Waals surface area contributed by atoms with Gasteiger partial charge in [-0.15, -0.1) is 0 Å². The number of hydrogen-bond acceptors (Lipinski definition) is 1. The molecule has 0 spiro atoms. The zero-order chi connectivity index (χ0) is 14.0. The zero-order valence-corrected chi connectivity index (χ0v) is 11.7. The highest BCUT2D eigenvalue weighted by atomic mass is 35.5. The summed E-state index contributed by atoms with van der Waals surface area (Å²) in [5, 5.41) is 10.3. The highest BCUT2D eigenvalue weighted by Gasteiger charge is 2.13. The van der Waals surface area contributed by atoms with E-state index >= 15 is 0 Å². The van der Waals surface area contributed by atoms with Gasteiger partial charge in [0.05, 0.1) is 11.1 Å². The van der Waals surface area contributed by atoms with Crippen molar-refractivity contribution in [3.8, 4) is 0 Å². The minimum Gasteiger partial charge on any atom is -0.388 e. The molecule has 0 fully saturated rings. The lowest BCUT2D eigenvalue weighted by Crippen LogP contribution is -2.03. The molecule has 19 heavy (non-hydrogen) atoms. The van der Waals surface area contributed by atoms with Crippen LogP contribution in [0.15, 0.2) is 36.4 Å². The van der Waals surface area contributed by atoms with Crippen LogP contribution in [0.1, 0.15) is 28.4 Å². The smallest absolute Gasteiger partial charge is 0.142 e. The van der Waals surface area contributed by atoms with Crippen LogP contribution in [0.25, 0.3) is 0 Å². The number of aliphatic hydroxyl groups is 1. The van der Waals surface area contributed by atoms with Gasteiger partial charge < -0.3 is 5.11 Å². The van der Waals surface area contributed by atoms with Gasteiger partial charge in [-0.2, -0.15) is 0 Å². The fraction of sp³-hybridized carbons (Fsp3) is 0.250. The minimum absolute atomic E-state index is 0.0888. The topological polar surface area (TPSA) is 20.2 Å². The molecule has 0 bridgehead atoms. The number of halogens is 2. The third-order valence-electron chi connectivity index (χ3n) is 3.07. The molecule has 2 rings (SSSR count). The molecule has 0 aliphatic rings. The van der Waals surface area contributed by atoms with Crippen LogP contribution in [0, 0.1) is 19.7 Å². The third kappa shape index (κ3) is 3.34. The molecule has 0 saturated heterocycles. The molecule has 0 aliphatic heterocycles. The number of aliphatic hydroxyl groups excluding tert-OH is 1. The Hall–Kier alpha value is -1.38. The van der Waals surface area contributed by atoms with E-state index in [1.807, 2.05) is 32.0 Å². The highest BCUT2D eigenvalue weighted by molar-refractivity contribution is 6.31. The first-order valence-electron chi connectivity index (χ1n) is 6.16. The van der Waals surface area contributed by atoms with E-state index in [-0.39, 0.29) is 5.02 Å². The Morgan fingerprint density at radius 3 is 2.42 bits per heavy atom. The van der Waals surface area contributed by atoms with Crippen molar-refractivity contribution >= 4 is 11.6 Å². The second kappa shape index (κ2) is 5.72. The van der Waals surface area contributed by atoms with Gasteiger partial charge in [0.2, 0.25) is 0 Å². The first-order chi connectivity index (χ1) is 8.97. The summed E-state index contributed by atoms with van der Waals surface area (Å²) in [5.41, 5.74) is 3.64. The van der Waals surface area contributed by atoms with Crippen LogP contribution in [0.4, 0.5) is 4.39 Å². The van der Waals surface area contributed by atoms with Gasteiger partial charge in [0.25, 0.3) is 0 Å². The molecule has 100 valence electrons. The molecule has 1 unspecified atom stereocenters. The van der Waals surface area contributed by atoms with Crippen LogP contribution in [-0.2, 0) is 6.42 Å². The summed E-state index contributed by atoms with van der Waals surface area (Å²) < 4.78 is 13.3. The van der Waals surface area contributed by atoms with Crippen LogP contribution in [0.3, 0.4) is 0 Å². The van der Waals surface area contributed by atoms with Gasteiger partial charge >= 0.3 is 0 Å². The summed E-state index contributed by atoms with van der Waals surface area (Å²) in [7, 11) is 0. The molecule has 1 atom stereocenters. The van der Waals surface area contributed by atoms with Gasteiger partial charge in [-0.1, -0.05) is 53.1 Å². The molecular weight excluding hydrogens is 263 g/mol. The number of benzene rings is 2. The molecule has 1 N–H and O–H groups in total. The molecule has 0 aromatic heterocycles. The Morgan fingerprint density at radius 1 is 1.16 bits per heavy atom. The standard InChI is InChI=1S/C16H16ClFO/c1-10-6-11(2)8-13(7-10)15(19)9-12-4-3-5-14(18)16(12)17/h3-8,15,19H,9H2,1-2H3. The zero-order valence-electron chi connectivity index (χ0n) is 11.0. The summed E-state index contributed by atoms with van der Waals surface area (Å²) in [5.74, 6) is -0.452. The van der Waals surface area contributed by atoms with E-state index in [2.05, 4.69) is 0 Å². The molecule has 0 amide bonds. The lowest BCUT2D eigenvalue weighted by Gasteiger charge is -2.14. The highest BCUT2D eigenvalue weighted by Crippen LogP contribution is 2.26. The lowest BCUT2D eigenvalue weighted by atomic mass is 9.98. The Kier molecular flexibility index (Phi) is 4.23. The quantitative estimate of drug-likeness (QED) is 0.884.